The molecule has 0 bridgehead atoms. The number of fused-ring (bicyclic) bond motifs is 1. The highest BCUT2D eigenvalue weighted by molar-refractivity contribution is 7.86. The molecule has 1 saturated heterocycles. The summed E-state index contributed by atoms with van der Waals surface area (Å²) in [7, 11) is 0.436. The zero-order valence-electron chi connectivity index (χ0n) is 21.4. The normalized spacial score (nSPS) is 14.4. The molecule has 5 rings (SSSR count). The fourth-order valence-corrected chi connectivity index (χ4v) is 5.45. The number of benzene rings is 3. The molecule has 1 atom stereocenters. The SMILES string of the molecule is C=CCl.CN.O=C(Nc1cc(F)c(F)c(-c2nccc3ccccc23)c1)c1ccc(N2CCCCS2=O)cc1. The van der Waals surface area contributed by atoms with Crippen molar-refractivity contribution in [1.29, 1.82) is 0 Å². The van der Waals surface area contributed by atoms with Gasteiger partial charge >= 0.3 is 0 Å². The third kappa shape index (κ3) is 7.26. The van der Waals surface area contributed by atoms with Crippen molar-refractivity contribution in [1.82, 2.24) is 4.98 Å². The van der Waals surface area contributed by atoms with Gasteiger partial charge < -0.3 is 11.1 Å². The number of hydrogen-bond acceptors (Lipinski definition) is 4. The molecule has 39 heavy (non-hydrogen) atoms. The Hall–Kier alpha value is -3.66. The number of hydrogen-bond donors (Lipinski definition) is 2. The number of rotatable bonds is 4. The average molecular weight is 571 g/mol. The first kappa shape index (κ1) is 29.9. The van der Waals surface area contributed by atoms with Gasteiger partial charge in [0.25, 0.3) is 5.91 Å². The number of carbonyl (C=O) groups excluding carboxylic acids is 1. The first-order valence-corrected chi connectivity index (χ1v) is 13.8. The Balaban J connectivity index is 0.000000787. The molecule has 1 unspecified atom stereocenters. The number of carbonyl (C=O) groups is 1. The van der Waals surface area contributed by atoms with E-state index >= 15 is 0 Å². The van der Waals surface area contributed by atoms with Gasteiger partial charge in [-0.1, -0.05) is 42.4 Å². The predicted octanol–water partition coefficient (Wildman–Crippen LogP) is 6.64. The van der Waals surface area contributed by atoms with Crippen LogP contribution in [0.15, 0.2) is 85.0 Å². The molecule has 204 valence electrons. The van der Waals surface area contributed by atoms with Crippen LogP contribution in [0, 0.1) is 11.6 Å². The standard InChI is InChI=1S/C26H21F2N3O2S.C2H3Cl.CH5N/c27-23-16-19(15-22(24(23)28)25-21-6-2-1-5-17(21)11-12-29-25)30-26(32)18-7-9-20(10-8-18)31-13-3-4-14-34(31)33;1-2-3;1-2/h1-2,5-12,15-16H,3-4,13-14H2,(H,30,32);2H,1H2;2H2,1H3. The minimum atomic E-state index is -1.08. The molecule has 0 spiro atoms. The van der Waals surface area contributed by atoms with Gasteiger partial charge in [-0.15, -0.1) is 0 Å². The number of amides is 1. The minimum absolute atomic E-state index is 0.0324. The third-order valence-electron chi connectivity index (χ3n) is 5.81. The van der Waals surface area contributed by atoms with Crippen LogP contribution in [0.5, 0.6) is 0 Å². The molecule has 1 amide bonds. The molecule has 1 aliphatic heterocycles. The smallest absolute Gasteiger partial charge is 0.255 e. The van der Waals surface area contributed by atoms with Crippen molar-refractivity contribution in [2.45, 2.75) is 12.8 Å². The van der Waals surface area contributed by atoms with E-state index < -0.39 is 28.5 Å². The molecule has 0 radical (unpaired) electrons. The van der Waals surface area contributed by atoms with Crippen molar-refractivity contribution in [3.63, 3.8) is 0 Å². The average Bonchev–Trinajstić information content (AvgIpc) is 2.96. The predicted molar refractivity (Wildman–Crippen MR) is 157 cm³/mol. The molecular formula is C29H29ClF2N4O2S. The van der Waals surface area contributed by atoms with E-state index in [0.29, 0.717) is 28.9 Å². The lowest BCUT2D eigenvalue weighted by atomic mass is 10.0. The molecule has 3 aromatic carbocycles. The third-order valence-corrected chi connectivity index (χ3v) is 7.33. The van der Waals surface area contributed by atoms with Crippen LogP contribution in [0.3, 0.4) is 0 Å². The Labute approximate surface area is 234 Å². The monoisotopic (exact) mass is 570 g/mol. The summed E-state index contributed by atoms with van der Waals surface area (Å²) in [6.07, 6.45) is 3.45. The molecule has 1 fully saturated rings. The quantitative estimate of drug-likeness (QED) is 0.288. The van der Waals surface area contributed by atoms with E-state index in [0.717, 1.165) is 30.0 Å². The van der Waals surface area contributed by atoms with Crippen molar-refractivity contribution in [2.24, 2.45) is 5.73 Å². The zero-order chi connectivity index (χ0) is 28.4. The zero-order valence-corrected chi connectivity index (χ0v) is 22.9. The van der Waals surface area contributed by atoms with Crippen molar-refractivity contribution in [3.8, 4) is 11.3 Å². The molecular weight excluding hydrogens is 542 g/mol. The van der Waals surface area contributed by atoms with Crippen LogP contribution >= 0.6 is 11.6 Å². The van der Waals surface area contributed by atoms with Crippen LogP contribution < -0.4 is 15.4 Å². The van der Waals surface area contributed by atoms with Crippen LogP contribution in [0.2, 0.25) is 0 Å². The molecule has 3 N–H and O–H groups in total. The lowest BCUT2D eigenvalue weighted by Crippen LogP contribution is -2.32. The first-order valence-electron chi connectivity index (χ1n) is 12.1. The Morgan fingerprint density at radius 3 is 2.49 bits per heavy atom. The Kier molecular flexibility index (Phi) is 11.1. The molecule has 10 heteroatoms. The van der Waals surface area contributed by atoms with Gasteiger partial charge in [0.15, 0.2) is 11.6 Å². The molecule has 2 heterocycles. The topological polar surface area (TPSA) is 88.3 Å². The van der Waals surface area contributed by atoms with Gasteiger partial charge in [0.05, 0.1) is 5.69 Å². The molecule has 0 saturated carbocycles. The number of pyridine rings is 1. The first-order chi connectivity index (χ1) is 18.9. The number of anilines is 2. The van der Waals surface area contributed by atoms with E-state index in [1.807, 2.05) is 16.4 Å². The summed E-state index contributed by atoms with van der Waals surface area (Å²) >= 11 is 4.76. The summed E-state index contributed by atoms with van der Waals surface area (Å²) in [5, 5.41) is 4.17. The molecule has 1 aliphatic rings. The second-order valence-corrected chi connectivity index (χ2v) is 9.99. The van der Waals surface area contributed by atoms with Crippen LogP contribution in [0.1, 0.15) is 23.2 Å². The summed E-state index contributed by atoms with van der Waals surface area (Å²) in [4.78, 5) is 17.1. The minimum Gasteiger partial charge on any atom is -0.333 e. The molecule has 4 aromatic rings. The maximum atomic E-state index is 14.8. The highest BCUT2D eigenvalue weighted by Gasteiger charge is 2.20. The Morgan fingerprint density at radius 1 is 1.10 bits per heavy atom. The molecule has 0 aliphatic carbocycles. The van der Waals surface area contributed by atoms with E-state index in [2.05, 4.69) is 22.6 Å². The number of nitrogens with one attached hydrogen (secondary N) is 1. The number of nitrogens with zero attached hydrogens (tertiary/aromatic N) is 2. The van der Waals surface area contributed by atoms with Gasteiger partial charge in [0.1, 0.15) is 11.0 Å². The van der Waals surface area contributed by atoms with Gasteiger partial charge in [0.2, 0.25) is 0 Å². The van der Waals surface area contributed by atoms with Crippen LogP contribution in [0.4, 0.5) is 20.2 Å². The fraction of sp³-hybridized carbons (Fsp3) is 0.172. The number of halogens is 3. The van der Waals surface area contributed by atoms with Crippen molar-refractivity contribution < 1.29 is 17.8 Å². The number of nitrogens with two attached hydrogens (primary N) is 1. The van der Waals surface area contributed by atoms with Gasteiger partial charge in [-0.05, 0) is 67.2 Å². The van der Waals surface area contributed by atoms with Gasteiger partial charge in [-0.2, -0.15) is 0 Å². The summed E-state index contributed by atoms with van der Waals surface area (Å²) < 4.78 is 43.3. The van der Waals surface area contributed by atoms with Crippen molar-refractivity contribution in [3.05, 3.63) is 102 Å². The summed E-state index contributed by atoms with van der Waals surface area (Å²) in [6, 6.07) is 18.2. The maximum absolute atomic E-state index is 14.8. The van der Waals surface area contributed by atoms with Gasteiger partial charge in [-0.25, -0.2) is 13.0 Å². The fourth-order valence-electron chi connectivity index (χ4n) is 4.09. The Bertz CT molecular complexity index is 1460. The van der Waals surface area contributed by atoms with Gasteiger partial charge in [-0.3, -0.25) is 14.1 Å². The molecule has 6 nitrogen and oxygen atoms in total. The highest BCUT2D eigenvalue weighted by atomic mass is 35.5. The lowest BCUT2D eigenvalue weighted by molar-refractivity contribution is 0.102. The van der Waals surface area contributed by atoms with E-state index in [-0.39, 0.29) is 11.3 Å². The largest absolute Gasteiger partial charge is 0.333 e. The van der Waals surface area contributed by atoms with E-state index in [4.69, 9.17) is 11.6 Å². The molecule has 1 aromatic heterocycles. The van der Waals surface area contributed by atoms with Gasteiger partial charge in [0, 0.05) is 52.4 Å². The summed E-state index contributed by atoms with van der Waals surface area (Å²) in [5.74, 6) is -1.94. The summed E-state index contributed by atoms with van der Waals surface area (Å²) in [5.41, 5.74) is 7.24. The van der Waals surface area contributed by atoms with Crippen LogP contribution in [0.25, 0.3) is 22.0 Å². The van der Waals surface area contributed by atoms with Crippen molar-refractivity contribution in [2.75, 3.05) is 29.0 Å². The second-order valence-electron chi connectivity index (χ2n) is 8.19. The summed E-state index contributed by atoms with van der Waals surface area (Å²) in [6.45, 7) is 3.83. The Morgan fingerprint density at radius 2 is 1.79 bits per heavy atom. The van der Waals surface area contributed by atoms with Crippen LogP contribution in [-0.4, -0.2) is 34.4 Å². The lowest BCUT2D eigenvalue weighted by Gasteiger charge is -2.27. The maximum Gasteiger partial charge on any atom is 0.255 e. The van der Waals surface area contributed by atoms with Crippen molar-refractivity contribution >= 4 is 50.6 Å². The highest BCUT2D eigenvalue weighted by Crippen LogP contribution is 2.32. The number of aromatic nitrogens is 1. The second kappa shape index (κ2) is 14.5. The van der Waals surface area contributed by atoms with Crippen LogP contribution in [-0.2, 0) is 11.0 Å². The van der Waals surface area contributed by atoms with E-state index in [1.54, 1.807) is 42.5 Å². The van der Waals surface area contributed by atoms with E-state index in [1.165, 1.54) is 24.8 Å². The van der Waals surface area contributed by atoms with E-state index in [9.17, 15) is 17.8 Å².